The highest BCUT2D eigenvalue weighted by atomic mass is 32.2. The average molecular weight is 463 g/mol. The van der Waals surface area contributed by atoms with E-state index in [1.807, 2.05) is 33.8 Å². The van der Waals surface area contributed by atoms with E-state index in [4.69, 9.17) is 9.88 Å². The largest absolute Gasteiger partial charge is 0.507 e. The minimum atomic E-state index is -3.75. The van der Waals surface area contributed by atoms with Gasteiger partial charge in [0, 0.05) is 6.54 Å². The van der Waals surface area contributed by atoms with Gasteiger partial charge >= 0.3 is 5.97 Å². The number of phenols is 1. The van der Waals surface area contributed by atoms with Gasteiger partial charge in [-0.05, 0) is 53.1 Å². The van der Waals surface area contributed by atoms with Crippen molar-refractivity contribution >= 4 is 21.9 Å². The fourth-order valence-electron chi connectivity index (χ4n) is 3.06. The SMILES string of the molecule is CC(C)c1cc(C(=O)OCC(=O)NCCc2ccc(S(N)(=O)=O)cc2)c(O)c(C(C)C)c1. The normalized spacial score (nSPS) is 11.6. The van der Waals surface area contributed by atoms with Crippen LogP contribution in [0.4, 0.5) is 0 Å². The van der Waals surface area contributed by atoms with Crippen molar-refractivity contribution in [3.8, 4) is 5.75 Å². The van der Waals surface area contributed by atoms with Crippen LogP contribution in [0.25, 0.3) is 0 Å². The number of carbonyl (C=O) groups excluding carboxylic acids is 2. The quantitative estimate of drug-likeness (QED) is 0.490. The van der Waals surface area contributed by atoms with Crippen molar-refractivity contribution in [1.29, 1.82) is 0 Å². The van der Waals surface area contributed by atoms with E-state index in [2.05, 4.69) is 5.32 Å². The molecule has 0 saturated heterocycles. The summed E-state index contributed by atoms with van der Waals surface area (Å²) in [7, 11) is -3.75. The van der Waals surface area contributed by atoms with Crippen molar-refractivity contribution in [2.45, 2.75) is 50.8 Å². The van der Waals surface area contributed by atoms with Crippen LogP contribution in [-0.4, -0.2) is 38.6 Å². The highest BCUT2D eigenvalue weighted by Gasteiger charge is 2.21. The number of amides is 1. The van der Waals surface area contributed by atoms with Crippen molar-refractivity contribution in [2.75, 3.05) is 13.2 Å². The van der Waals surface area contributed by atoms with Crippen molar-refractivity contribution in [3.05, 3.63) is 58.7 Å². The number of hydrogen-bond donors (Lipinski definition) is 3. The van der Waals surface area contributed by atoms with Gasteiger partial charge in [-0.15, -0.1) is 0 Å². The number of phenolic OH excluding ortho intramolecular Hbond substituents is 1. The highest BCUT2D eigenvalue weighted by Crippen LogP contribution is 2.33. The Balaban J connectivity index is 1.92. The fraction of sp³-hybridized carbons (Fsp3) is 0.391. The minimum Gasteiger partial charge on any atom is -0.507 e. The summed E-state index contributed by atoms with van der Waals surface area (Å²) >= 11 is 0. The van der Waals surface area contributed by atoms with E-state index in [1.165, 1.54) is 12.1 Å². The molecule has 0 saturated carbocycles. The zero-order valence-corrected chi connectivity index (χ0v) is 19.5. The maximum Gasteiger partial charge on any atom is 0.342 e. The molecular formula is C23H30N2O6S. The van der Waals surface area contributed by atoms with Crippen LogP contribution in [0.2, 0.25) is 0 Å². The molecule has 2 aromatic carbocycles. The monoisotopic (exact) mass is 462 g/mol. The lowest BCUT2D eigenvalue weighted by Gasteiger charge is -2.16. The highest BCUT2D eigenvalue weighted by molar-refractivity contribution is 7.89. The number of carbonyl (C=O) groups is 2. The van der Waals surface area contributed by atoms with Crippen molar-refractivity contribution in [2.24, 2.45) is 5.14 Å². The molecule has 8 nitrogen and oxygen atoms in total. The Kier molecular flexibility index (Phi) is 8.40. The third kappa shape index (κ3) is 6.80. The number of primary sulfonamides is 1. The Morgan fingerprint density at radius 2 is 1.69 bits per heavy atom. The van der Waals surface area contributed by atoms with Gasteiger partial charge in [0.15, 0.2) is 6.61 Å². The summed E-state index contributed by atoms with van der Waals surface area (Å²) in [6.07, 6.45) is 0.458. The van der Waals surface area contributed by atoms with Crippen LogP contribution in [-0.2, 0) is 26.0 Å². The molecule has 4 N–H and O–H groups in total. The Morgan fingerprint density at radius 3 is 2.22 bits per heavy atom. The predicted octanol–water partition coefficient (Wildman–Crippen LogP) is 2.80. The van der Waals surface area contributed by atoms with E-state index in [1.54, 1.807) is 18.2 Å². The van der Waals surface area contributed by atoms with E-state index in [-0.39, 0.29) is 34.6 Å². The second kappa shape index (κ2) is 10.6. The van der Waals surface area contributed by atoms with Crippen molar-refractivity contribution in [1.82, 2.24) is 5.32 Å². The molecule has 32 heavy (non-hydrogen) atoms. The molecule has 2 rings (SSSR count). The summed E-state index contributed by atoms with van der Waals surface area (Å²) in [5.41, 5.74) is 2.41. The lowest BCUT2D eigenvalue weighted by Crippen LogP contribution is -2.30. The summed E-state index contributed by atoms with van der Waals surface area (Å²) in [5.74, 6) is -1.20. The van der Waals surface area contributed by atoms with Crippen molar-refractivity contribution in [3.63, 3.8) is 0 Å². The summed E-state index contributed by atoms with van der Waals surface area (Å²) in [5, 5.41) is 18.2. The van der Waals surface area contributed by atoms with E-state index >= 15 is 0 Å². The van der Waals surface area contributed by atoms with Gasteiger partial charge in [-0.3, -0.25) is 4.79 Å². The number of benzene rings is 2. The molecule has 1 amide bonds. The molecule has 9 heteroatoms. The fourth-order valence-corrected chi connectivity index (χ4v) is 3.58. The average Bonchev–Trinajstić information content (AvgIpc) is 2.71. The van der Waals surface area contributed by atoms with Gasteiger partial charge in [0.2, 0.25) is 10.0 Å². The molecular weight excluding hydrogens is 432 g/mol. The topological polar surface area (TPSA) is 136 Å². The number of nitrogens with one attached hydrogen (secondary N) is 1. The van der Waals surface area contributed by atoms with Crippen LogP contribution in [0.5, 0.6) is 5.75 Å². The predicted molar refractivity (Wildman–Crippen MR) is 121 cm³/mol. The van der Waals surface area contributed by atoms with Gasteiger partial charge in [-0.1, -0.05) is 45.9 Å². The van der Waals surface area contributed by atoms with Crippen molar-refractivity contribution < 1.29 is 27.9 Å². The minimum absolute atomic E-state index is 0.0163. The van der Waals surface area contributed by atoms with E-state index in [9.17, 15) is 23.1 Å². The molecule has 0 fully saturated rings. The number of rotatable bonds is 9. The van der Waals surface area contributed by atoms with Gasteiger partial charge in [0.25, 0.3) is 5.91 Å². The first kappa shape index (κ1) is 25.4. The Bertz CT molecular complexity index is 1080. The molecule has 0 aliphatic carbocycles. The molecule has 0 unspecified atom stereocenters. The smallest absolute Gasteiger partial charge is 0.342 e. The molecule has 174 valence electrons. The molecule has 0 spiro atoms. The first-order chi connectivity index (χ1) is 14.9. The Morgan fingerprint density at radius 1 is 1.06 bits per heavy atom. The van der Waals surface area contributed by atoms with Crippen LogP contribution in [0.1, 0.15) is 66.6 Å². The maximum atomic E-state index is 12.5. The Labute approximate surface area is 188 Å². The summed E-state index contributed by atoms with van der Waals surface area (Å²) in [6, 6.07) is 9.50. The lowest BCUT2D eigenvalue weighted by atomic mass is 9.92. The number of sulfonamides is 1. The number of ether oxygens (including phenoxy) is 1. The molecule has 0 aromatic heterocycles. The van der Waals surface area contributed by atoms with Crippen LogP contribution >= 0.6 is 0 Å². The third-order valence-corrected chi connectivity index (χ3v) is 5.92. The lowest BCUT2D eigenvalue weighted by molar-refractivity contribution is -0.124. The van der Waals surface area contributed by atoms with Gasteiger partial charge in [-0.2, -0.15) is 0 Å². The molecule has 0 radical (unpaired) electrons. The number of esters is 1. The molecule has 0 aliphatic rings. The third-order valence-electron chi connectivity index (χ3n) is 4.99. The van der Waals surface area contributed by atoms with Crippen LogP contribution in [0.15, 0.2) is 41.3 Å². The summed E-state index contributed by atoms with van der Waals surface area (Å²) in [6.45, 7) is 7.61. The van der Waals surface area contributed by atoms with Gasteiger partial charge in [0.05, 0.1) is 4.90 Å². The van der Waals surface area contributed by atoms with Crippen LogP contribution in [0.3, 0.4) is 0 Å². The molecule has 0 aliphatic heterocycles. The zero-order valence-electron chi connectivity index (χ0n) is 18.7. The first-order valence-electron chi connectivity index (χ1n) is 10.3. The number of hydrogen-bond acceptors (Lipinski definition) is 6. The molecule has 0 heterocycles. The number of nitrogens with two attached hydrogens (primary N) is 1. The molecule has 2 aromatic rings. The number of aromatic hydroxyl groups is 1. The van der Waals surface area contributed by atoms with Gasteiger partial charge in [-0.25, -0.2) is 18.4 Å². The van der Waals surface area contributed by atoms with Crippen LogP contribution < -0.4 is 10.5 Å². The van der Waals surface area contributed by atoms with Gasteiger partial charge < -0.3 is 15.2 Å². The van der Waals surface area contributed by atoms with Gasteiger partial charge in [0.1, 0.15) is 11.3 Å². The van der Waals surface area contributed by atoms with E-state index < -0.39 is 28.5 Å². The molecule has 0 atom stereocenters. The van der Waals surface area contributed by atoms with E-state index in [0.717, 1.165) is 11.1 Å². The summed E-state index contributed by atoms with van der Waals surface area (Å²) < 4.78 is 27.6. The molecule has 0 bridgehead atoms. The Hall–Kier alpha value is -2.91. The summed E-state index contributed by atoms with van der Waals surface area (Å²) in [4.78, 5) is 24.6. The zero-order chi connectivity index (χ0) is 24.1. The van der Waals surface area contributed by atoms with E-state index in [0.29, 0.717) is 12.0 Å². The van der Waals surface area contributed by atoms with Crippen LogP contribution in [0, 0.1) is 0 Å². The standard InChI is InChI=1S/C23H30N2O6S/c1-14(2)17-11-19(15(3)4)22(27)20(12-17)23(28)31-13-21(26)25-10-9-16-5-7-18(8-6-16)32(24,29)30/h5-8,11-12,14-15,27H,9-10,13H2,1-4H3,(H,25,26)(H2,24,29,30). The maximum absolute atomic E-state index is 12.5. The second-order valence-corrected chi connectivity index (χ2v) is 9.74. The first-order valence-corrected chi connectivity index (χ1v) is 11.9. The second-order valence-electron chi connectivity index (χ2n) is 8.18.